The van der Waals surface area contributed by atoms with Crippen molar-refractivity contribution in [3.8, 4) is 0 Å². The van der Waals surface area contributed by atoms with E-state index in [1.165, 1.54) is 25.7 Å². The van der Waals surface area contributed by atoms with E-state index in [-0.39, 0.29) is 6.10 Å². The monoisotopic (exact) mass is 142 g/mol. The lowest BCUT2D eigenvalue weighted by Gasteiger charge is -2.15. The molecule has 0 spiro atoms. The summed E-state index contributed by atoms with van der Waals surface area (Å²) < 4.78 is 0. The zero-order chi connectivity index (χ0) is 7.40. The molecule has 1 rings (SSSR count). The Morgan fingerprint density at radius 1 is 1.40 bits per heavy atom. The Kier molecular flexibility index (Phi) is 3.20. The van der Waals surface area contributed by atoms with Crippen LogP contribution in [0.5, 0.6) is 0 Å². The van der Waals surface area contributed by atoms with Crippen molar-refractivity contribution in [2.24, 2.45) is 5.92 Å². The molecular formula is C9H18O. The maximum Gasteiger partial charge on any atom is 0.0568 e. The van der Waals surface area contributed by atoms with Gasteiger partial charge in [0.1, 0.15) is 0 Å². The van der Waals surface area contributed by atoms with Gasteiger partial charge in [-0.15, -0.1) is 0 Å². The third-order valence-electron chi connectivity index (χ3n) is 2.53. The normalized spacial score (nSPS) is 23.4. The van der Waals surface area contributed by atoms with Crippen LogP contribution in [0.25, 0.3) is 0 Å². The topological polar surface area (TPSA) is 20.2 Å². The molecule has 0 radical (unpaired) electrons. The Labute approximate surface area is 63.4 Å². The van der Waals surface area contributed by atoms with Crippen LogP contribution in [-0.2, 0) is 0 Å². The van der Waals surface area contributed by atoms with Gasteiger partial charge < -0.3 is 5.11 Å². The zero-order valence-corrected chi connectivity index (χ0v) is 6.84. The number of rotatable bonds is 3. The van der Waals surface area contributed by atoms with E-state index in [2.05, 4.69) is 6.92 Å². The smallest absolute Gasteiger partial charge is 0.0568 e. The summed E-state index contributed by atoms with van der Waals surface area (Å²) in [5, 5.41) is 9.55. The maximum absolute atomic E-state index is 9.55. The van der Waals surface area contributed by atoms with Gasteiger partial charge in [-0.05, 0) is 25.2 Å². The summed E-state index contributed by atoms with van der Waals surface area (Å²) in [6.07, 6.45) is 7.34. The highest BCUT2D eigenvalue weighted by atomic mass is 16.3. The van der Waals surface area contributed by atoms with Gasteiger partial charge in [0.25, 0.3) is 0 Å². The summed E-state index contributed by atoms with van der Waals surface area (Å²) in [5.41, 5.74) is 0. The van der Waals surface area contributed by atoms with Gasteiger partial charge in [-0.2, -0.15) is 0 Å². The molecule has 0 heterocycles. The van der Waals surface area contributed by atoms with Crippen molar-refractivity contribution >= 4 is 0 Å². The standard InChI is InChI=1S/C9H18O/c1-2-5-9(10)8-6-3-4-7-8/h8-10H,2-7H2,1H3. The second-order valence-corrected chi connectivity index (χ2v) is 3.40. The molecule has 0 saturated heterocycles. The predicted molar refractivity (Wildman–Crippen MR) is 42.9 cm³/mol. The van der Waals surface area contributed by atoms with Gasteiger partial charge in [-0.25, -0.2) is 0 Å². The average Bonchev–Trinajstić information content (AvgIpc) is 2.38. The van der Waals surface area contributed by atoms with Gasteiger partial charge in [-0.3, -0.25) is 0 Å². The van der Waals surface area contributed by atoms with Crippen molar-refractivity contribution < 1.29 is 5.11 Å². The number of aliphatic hydroxyl groups excluding tert-OH is 1. The second kappa shape index (κ2) is 3.97. The summed E-state index contributed by atoms with van der Waals surface area (Å²) in [6, 6.07) is 0. The molecule has 0 aromatic heterocycles. The highest BCUT2D eigenvalue weighted by Gasteiger charge is 2.21. The summed E-state index contributed by atoms with van der Waals surface area (Å²) in [6.45, 7) is 2.14. The number of hydrogen-bond donors (Lipinski definition) is 1. The Morgan fingerprint density at radius 2 is 2.00 bits per heavy atom. The van der Waals surface area contributed by atoms with Crippen LogP contribution in [0, 0.1) is 5.92 Å². The Hall–Kier alpha value is -0.0400. The first kappa shape index (κ1) is 8.06. The van der Waals surface area contributed by atoms with E-state index in [0.717, 1.165) is 12.8 Å². The minimum atomic E-state index is 0.00694. The van der Waals surface area contributed by atoms with Crippen molar-refractivity contribution in [1.29, 1.82) is 0 Å². The van der Waals surface area contributed by atoms with E-state index in [4.69, 9.17) is 0 Å². The Bertz CT molecular complexity index is 84.7. The first-order valence-corrected chi connectivity index (χ1v) is 4.52. The molecule has 0 aliphatic heterocycles. The first-order chi connectivity index (χ1) is 4.84. The third-order valence-corrected chi connectivity index (χ3v) is 2.53. The zero-order valence-electron chi connectivity index (χ0n) is 6.84. The fourth-order valence-electron chi connectivity index (χ4n) is 1.87. The van der Waals surface area contributed by atoms with Gasteiger partial charge >= 0.3 is 0 Å². The minimum Gasteiger partial charge on any atom is -0.393 e. The lowest BCUT2D eigenvalue weighted by molar-refractivity contribution is 0.101. The SMILES string of the molecule is CCCC(O)C1CCCC1. The van der Waals surface area contributed by atoms with Crippen LogP contribution >= 0.6 is 0 Å². The number of aliphatic hydroxyl groups is 1. The van der Waals surface area contributed by atoms with Crippen LogP contribution in [0.15, 0.2) is 0 Å². The molecular weight excluding hydrogens is 124 g/mol. The summed E-state index contributed by atoms with van der Waals surface area (Å²) in [7, 11) is 0. The van der Waals surface area contributed by atoms with E-state index in [0.29, 0.717) is 5.92 Å². The summed E-state index contributed by atoms with van der Waals surface area (Å²) >= 11 is 0. The molecule has 0 bridgehead atoms. The molecule has 1 unspecified atom stereocenters. The summed E-state index contributed by atoms with van der Waals surface area (Å²) in [4.78, 5) is 0. The first-order valence-electron chi connectivity index (χ1n) is 4.52. The van der Waals surface area contributed by atoms with Gasteiger partial charge in [0.05, 0.1) is 6.10 Å². The van der Waals surface area contributed by atoms with Crippen LogP contribution in [0.3, 0.4) is 0 Å². The highest BCUT2D eigenvalue weighted by molar-refractivity contribution is 4.73. The van der Waals surface area contributed by atoms with Gasteiger partial charge in [-0.1, -0.05) is 26.2 Å². The molecule has 0 aromatic carbocycles. The molecule has 1 aliphatic carbocycles. The average molecular weight is 142 g/mol. The van der Waals surface area contributed by atoms with Crippen molar-refractivity contribution in [3.05, 3.63) is 0 Å². The van der Waals surface area contributed by atoms with Crippen molar-refractivity contribution in [1.82, 2.24) is 0 Å². The van der Waals surface area contributed by atoms with Crippen LogP contribution in [0.2, 0.25) is 0 Å². The van der Waals surface area contributed by atoms with E-state index in [9.17, 15) is 5.11 Å². The maximum atomic E-state index is 9.55. The Balaban J connectivity index is 2.18. The van der Waals surface area contributed by atoms with Crippen LogP contribution in [-0.4, -0.2) is 11.2 Å². The fraction of sp³-hybridized carbons (Fsp3) is 1.00. The van der Waals surface area contributed by atoms with Gasteiger partial charge in [0.2, 0.25) is 0 Å². The molecule has 1 N–H and O–H groups in total. The van der Waals surface area contributed by atoms with E-state index < -0.39 is 0 Å². The van der Waals surface area contributed by atoms with Crippen LogP contribution < -0.4 is 0 Å². The van der Waals surface area contributed by atoms with Crippen LogP contribution in [0.1, 0.15) is 45.4 Å². The molecule has 1 fully saturated rings. The number of hydrogen-bond acceptors (Lipinski definition) is 1. The summed E-state index contributed by atoms with van der Waals surface area (Å²) in [5.74, 6) is 0.639. The van der Waals surface area contributed by atoms with E-state index in [1.54, 1.807) is 0 Å². The fourth-order valence-corrected chi connectivity index (χ4v) is 1.87. The third kappa shape index (κ3) is 1.98. The molecule has 0 aromatic rings. The molecule has 1 heteroatoms. The lowest BCUT2D eigenvalue weighted by Crippen LogP contribution is -2.16. The minimum absolute atomic E-state index is 0.00694. The molecule has 1 saturated carbocycles. The van der Waals surface area contributed by atoms with Crippen molar-refractivity contribution in [3.63, 3.8) is 0 Å². The highest BCUT2D eigenvalue weighted by Crippen LogP contribution is 2.29. The van der Waals surface area contributed by atoms with Crippen molar-refractivity contribution in [2.45, 2.75) is 51.6 Å². The molecule has 1 atom stereocenters. The van der Waals surface area contributed by atoms with Gasteiger partial charge in [0, 0.05) is 0 Å². The lowest BCUT2D eigenvalue weighted by atomic mass is 9.97. The molecule has 1 aliphatic rings. The largest absolute Gasteiger partial charge is 0.393 e. The van der Waals surface area contributed by atoms with Gasteiger partial charge in [0.15, 0.2) is 0 Å². The Morgan fingerprint density at radius 3 is 2.50 bits per heavy atom. The van der Waals surface area contributed by atoms with E-state index >= 15 is 0 Å². The van der Waals surface area contributed by atoms with Crippen LogP contribution in [0.4, 0.5) is 0 Å². The molecule has 60 valence electrons. The predicted octanol–water partition coefficient (Wildman–Crippen LogP) is 2.34. The van der Waals surface area contributed by atoms with Crippen molar-refractivity contribution in [2.75, 3.05) is 0 Å². The molecule has 10 heavy (non-hydrogen) atoms. The quantitative estimate of drug-likeness (QED) is 0.641. The van der Waals surface area contributed by atoms with E-state index in [1.807, 2.05) is 0 Å². The molecule has 0 amide bonds. The molecule has 1 nitrogen and oxygen atoms in total. The second-order valence-electron chi connectivity index (χ2n) is 3.40.